The SMILES string of the molecule is CCN(CC)C(=O)NC(C)c1ccc2c(c1)OCO2. The van der Waals surface area contributed by atoms with Crippen LogP contribution in [0, 0.1) is 0 Å². The van der Waals surface area contributed by atoms with Gasteiger partial charge in [0.2, 0.25) is 6.79 Å². The van der Waals surface area contributed by atoms with Gasteiger partial charge in [0.05, 0.1) is 6.04 Å². The number of carbonyl (C=O) groups is 1. The van der Waals surface area contributed by atoms with Crippen LogP contribution in [0.1, 0.15) is 32.4 Å². The Morgan fingerprint density at radius 2 is 2.00 bits per heavy atom. The van der Waals surface area contributed by atoms with E-state index >= 15 is 0 Å². The molecule has 1 heterocycles. The molecular formula is C14H20N2O3. The quantitative estimate of drug-likeness (QED) is 0.909. The van der Waals surface area contributed by atoms with Gasteiger partial charge >= 0.3 is 6.03 Å². The number of amides is 2. The Balaban J connectivity index is 2.03. The first-order valence-electron chi connectivity index (χ1n) is 6.60. The number of nitrogens with one attached hydrogen (secondary N) is 1. The van der Waals surface area contributed by atoms with Crippen molar-refractivity contribution < 1.29 is 14.3 Å². The molecule has 1 aliphatic heterocycles. The highest BCUT2D eigenvalue weighted by Gasteiger charge is 2.18. The number of urea groups is 1. The van der Waals surface area contributed by atoms with Crippen LogP contribution >= 0.6 is 0 Å². The largest absolute Gasteiger partial charge is 0.454 e. The van der Waals surface area contributed by atoms with Crippen molar-refractivity contribution in [3.63, 3.8) is 0 Å². The first-order chi connectivity index (χ1) is 9.15. The van der Waals surface area contributed by atoms with Crippen LogP contribution in [-0.4, -0.2) is 30.8 Å². The van der Waals surface area contributed by atoms with Crippen molar-refractivity contribution in [2.45, 2.75) is 26.8 Å². The van der Waals surface area contributed by atoms with Crippen molar-refractivity contribution in [1.82, 2.24) is 10.2 Å². The molecule has 104 valence electrons. The fraction of sp³-hybridized carbons (Fsp3) is 0.500. The summed E-state index contributed by atoms with van der Waals surface area (Å²) < 4.78 is 10.6. The Hall–Kier alpha value is -1.91. The molecule has 0 saturated heterocycles. The van der Waals surface area contributed by atoms with Gasteiger partial charge in [-0.1, -0.05) is 6.07 Å². The fourth-order valence-electron chi connectivity index (χ4n) is 2.05. The molecule has 1 atom stereocenters. The maximum atomic E-state index is 12.0. The van der Waals surface area contributed by atoms with Gasteiger partial charge in [0.25, 0.3) is 0 Å². The molecule has 2 amide bonds. The summed E-state index contributed by atoms with van der Waals surface area (Å²) in [6.07, 6.45) is 0. The number of carbonyl (C=O) groups excluding carboxylic acids is 1. The van der Waals surface area contributed by atoms with Crippen molar-refractivity contribution in [2.75, 3.05) is 19.9 Å². The number of nitrogens with zero attached hydrogens (tertiary/aromatic N) is 1. The lowest BCUT2D eigenvalue weighted by molar-refractivity contribution is 0.174. The molecule has 1 aromatic rings. The van der Waals surface area contributed by atoms with Gasteiger partial charge in [-0.05, 0) is 38.5 Å². The van der Waals surface area contributed by atoms with Crippen molar-refractivity contribution in [1.29, 1.82) is 0 Å². The van der Waals surface area contributed by atoms with Crippen LogP contribution in [0.25, 0.3) is 0 Å². The highest BCUT2D eigenvalue weighted by atomic mass is 16.7. The fourth-order valence-corrected chi connectivity index (χ4v) is 2.05. The van der Waals surface area contributed by atoms with E-state index in [9.17, 15) is 4.79 Å². The maximum absolute atomic E-state index is 12.0. The summed E-state index contributed by atoms with van der Waals surface area (Å²) in [4.78, 5) is 13.7. The topological polar surface area (TPSA) is 50.8 Å². The smallest absolute Gasteiger partial charge is 0.317 e. The molecular weight excluding hydrogens is 244 g/mol. The molecule has 1 aliphatic rings. The third-order valence-corrected chi connectivity index (χ3v) is 3.29. The van der Waals surface area contributed by atoms with E-state index in [4.69, 9.17) is 9.47 Å². The second-order valence-electron chi connectivity index (χ2n) is 4.46. The minimum absolute atomic E-state index is 0.0461. The van der Waals surface area contributed by atoms with Gasteiger partial charge in [-0.2, -0.15) is 0 Å². The standard InChI is InChI=1S/C14H20N2O3/c1-4-16(5-2)14(17)15-10(3)11-6-7-12-13(8-11)19-9-18-12/h6-8,10H,4-5,9H2,1-3H3,(H,15,17). The van der Waals surface area contributed by atoms with Gasteiger partial charge in [0.1, 0.15) is 0 Å². The summed E-state index contributed by atoms with van der Waals surface area (Å²) >= 11 is 0. The van der Waals surface area contributed by atoms with Crippen LogP contribution in [0.3, 0.4) is 0 Å². The lowest BCUT2D eigenvalue weighted by Gasteiger charge is -2.22. The van der Waals surface area contributed by atoms with Crippen LogP contribution in [0.5, 0.6) is 11.5 Å². The van der Waals surface area contributed by atoms with Crippen molar-refractivity contribution >= 4 is 6.03 Å². The Bertz CT molecular complexity index is 458. The zero-order valence-corrected chi connectivity index (χ0v) is 11.6. The van der Waals surface area contributed by atoms with Gasteiger partial charge in [-0.15, -0.1) is 0 Å². The minimum Gasteiger partial charge on any atom is -0.454 e. The molecule has 5 nitrogen and oxygen atoms in total. The van der Waals surface area contributed by atoms with Crippen molar-refractivity contribution in [3.05, 3.63) is 23.8 Å². The Morgan fingerprint density at radius 3 is 2.68 bits per heavy atom. The second-order valence-corrected chi connectivity index (χ2v) is 4.46. The molecule has 0 saturated carbocycles. The number of hydrogen-bond donors (Lipinski definition) is 1. The maximum Gasteiger partial charge on any atom is 0.317 e. The van der Waals surface area contributed by atoms with Crippen LogP contribution in [-0.2, 0) is 0 Å². The molecule has 1 unspecified atom stereocenters. The van der Waals surface area contributed by atoms with E-state index in [0.29, 0.717) is 13.1 Å². The molecule has 1 N–H and O–H groups in total. The number of benzene rings is 1. The highest BCUT2D eigenvalue weighted by Crippen LogP contribution is 2.34. The normalized spacial score (nSPS) is 14.1. The molecule has 0 bridgehead atoms. The predicted molar refractivity (Wildman–Crippen MR) is 72.4 cm³/mol. The monoisotopic (exact) mass is 264 g/mol. The summed E-state index contributed by atoms with van der Waals surface area (Å²) in [5.74, 6) is 1.49. The number of ether oxygens (including phenoxy) is 2. The third kappa shape index (κ3) is 2.92. The average molecular weight is 264 g/mol. The van der Waals surface area contributed by atoms with E-state index in [2.05, 4.69) is 5.32 Å². The highest BCUT2D eigenvalue weighted by molar-refractivity contribution is 5.74. The van der Waals surface area contributed by atoms with E-state index in [0.717, 1.165) is 17.1 Å². The Kier molecular flexibility index (Phi) is 4.14. The van der Waals surface area contributed by atoms with Crippen LogP contribution in [0.15, 0.2) is 18.2 Å². The molecule has 2 rings (SSSR count). The second kappa shape index (κ2) is 5.82. The molecule has 0 aromatic heterocycles. The zero-order chi connectivity index (χ0) is 13.8. The summed E-state index contributed by atoms with van der Waals surface area (Å²) in [7, 11) is 0. The summed E-state index contributed by atoms with van der Waals surface area (Å²) in [6, 6.07) is 5.62. The van der Waals surface area contributed by atoms with E-state index in [1.54, 1.807) is 4.90 Å². The zero-order valence-electron chi connectivity index (χ0n) is 11.6. The molecule has 5 heteroatoms. The van der Waals surface area contributed by atoms with Crippen LogP contribution < -0.4 is 14.8 Å². The van der Waals surface area contributed by atoms with Crippen LogP contribution in [0.4, 0.5) is 4.79 Å². The van der Waals surface area contributed by atoms with E-state index in [1.165, 1.54) is 0 Å². The van der Waals surface area contributed by atoms with E-state index < -0.39 is 0 Å². The molecule has 0 fully saturated rings. The average Bonchev–Trinajstić information content (AvgIpc) is 2.87. The summed E-state index contributed by atoms with van der Waals surface area (Å²) in [6.45, 7) is 7.56. The van der Waals surface area contributed by atoms with E-state index in [1.807, 2.05) is 39.0 Å². The van der Waals surface area contributed by atoms with Crippen LogP contribution in [0.2, 0.25) is 0 Å². The first-order valence-corrected chi connectivity index (χ1v) is 6.60. The van der Waals surface area contributed by atoms with Crippen molar-refractivity contribution in [2.24, 2.45) is 0 Å². The summed E-state index contributed by atoms with van der Waals surface area (Å²) in [5.41, 5.74) is 1.00. The van der Waals surface area contributed by atoms with Gasteiger partial charge in [0.15, 0.2) is 11.5 Å². The number of rotatable bonds is 4. The molecule has 19 heavy (non-hydrogen) atoms. The van der Waals surface area contributed by atoms with Gasteiger partial charge in [-0.3, -0.25) is 0 Å². The Morgan fingerprint density at radius 1 is 1.32 bits per heavy atom. The van der Waals surface area contributed by atoms with Gasteiger partial charge in [-0.25, -0.2) is 4.79 Å². The van der Waals surface area contributed by atoms with Gasteiger partial charge < -0.3 is 19.7 Å². The third-order valence-electron chi connectivity index (χ3n) is 3.29. The number of hydrogen-bond acceptors (Lipinski definition) is 3. The number of fused-ring (bicyclic) bond motifs is 1. The van der Waals surface area contributed by atoms with Gasteiger partial charge in [0, 0.05) is 13.1 Å². The lowest BCUT2D eigenvalue weighted by Crippen LogP contribution is -2.40. The summed E-state index contributed by atoms with van der Waals surface area (Å²) in [5, 5.41) is 2.98. The Labute approximate surface area is 113 Å². The lowest BCUT2D eigenvalue weighted by atomic mass is 10.1. The van der Waals surface area contributed by atoms with Crippen molar-refractivity contribution in [3.8, 4) is 11.5 Å². The first kappa shape index (κ1) is 13.5. The minimum atomic E-state index is -0.0670. The molecule has 0 aliphatic carbocycles. The molecule has 1 aromatic carbocycles. The molecule has 0 radical (unpaired) electrons. The van der Waals surface area contributed by atoms with E-state index in [-0.39, 0.29) is 18.9 Å². The predicted octanol–water partition coefficient (Wildman–Crippen LogP) is 2.53. The molecule has 0 spiro atoms.